The minimum Gasteiger partial charge on any atom is -0.378 e. The number of H-pyrrole nitrogens is 1. The first-order chi connectivity index (χ1) is 15.7. The number of piperidine rings is 1. The van der Waals surface area contributed by atoms with E-state index in [2.05, 4.69) is 45.1 Å². The van der Waals surface area contributed by atoms with Gasteiger partial charge < -0.3 is 14.5 Å². The van der Waals surface area contributed by atoms with E-state index in [1.807, 2.05) is 18.2 Å². The van der Waals surface area contributed by atoms with Gasteiger partial charge in [0.1, 0.15) is 11.5 Å². The van der Waals surface area contributed by atoms with E-state index in [4.69, 9.17) is 14.7 Å². The number of aromatic amines is 1. The van der Waals surface area contributed by atoms with Crippen LogP contribution in [0.15, 0.2) is 36.4 Å². The highest BCUT2D eigenvalue weighted by atomic mass is 16.5. The second kappa shape index (κ2) is 7.89. The van der Waals surface area contributed by atoms with E-state index < -0.39 is 0 Å². The molecule has 3 fully saturated rings. The van der Waals surface area contributed by atoms with Gasteiger partial charge in [0.05, 0.1) is 13.2 Å². The van der Waals surface area contributed by atoms with Crippen LogP contribution in [0.1, 0.15) is 31.2 Å². The maximum absolute atomic E-state index is 5.47. The molecule has 2 aromatic heterocycles. The SMILES string of the molecule is Cc1ccc(-c2n[nH]c(-c3cccc(N4CCOCC4)n3)n2)c(N2CCC3(CC2)CC3)c1. The second-order valence-corrected chi connectivity index (χ2v) is 9.50. The lowest BCUT2D eigenvalue weighted by atomic mass is 9.93. The van der Waals surface area contributed by atoms with Gasteiger partial charge in [-0.3, -0.25) is 5.10 Å². The van der Waals surface area contributed by atoms with Crippen LogP contribution in [0.25, 0.3) is 22.9 Å². The number of hydrogen-bond donors (Lipinski definition) is 1. The second-order valence-electron chi connectivity index (χ2n) is 9.50. The van der Waals surface area contributed by atoms with Crippen LogP contribution in [0.2, 0.25) is 0 Å². The molecule has 2 aliphatic heterocycles. The molecule has 0 unspecified atom stereocenters. The normalized spacial score (nSPS) is 20.0. The maximum atomic E-state index is 5.47. The number of nitrogens with one attached hydrogen (secondary N) is 1. The molecule has 1 aromatic carbocycles. The largest absolute Gasteiger partial charge is 0.378 e. The summed E-state index contributed by atoms with van der Waals surface area (Å²) in [5.74, 6) is 2.40. The summed E-state index contributed by atoms with van der Waals surface area (Å²) in [4.78, 5) is 14.5. The van der Waals surface area contributed by atoms with Crippen molar-refractivity contribution in [3.05, 3.63) is 42.0 Å². The number of hydrogen-bond acceptors (Lipinski definition) is 6. The summed E-state index contributed by atoms with van der Waals surface area (Å²) in [6.45, 7) is 7.61. The Hall–Kier alpha value is -2.93. The molecule has 7 heteroatoms. The van der Waals surface area contributed by atoms with E-state index in [0.717, 1.165) is 62.3 Å². The lowest BCUT2D eigenvalue weighted by molar-refractivity contribution is 0.122. The highest BCUT2D eigenvalue weighted by molar-refractivity contribution is 5.76. The predicted molar refractivity (Wildman–Crippen MR) is 126 cm³/mol. The zero-order valence-corrected chi connectivity index (χ0v) is 18.7. The zero-order valence-electron chi connectivity index (χ0n) is 18.7. The van der Waals surface area contributed by atoms with Crippen molar-refractivity contribution in [2.75, 3.05) is 49.2 Å². The summed E-state index contributed by atoms with van der Waals surface area (Å²) in [5.41, 5.74) is 5.09. The van der Waals surface area contributed by atoms with Gasteiger partial charge in [0.15, 0.2) is 11.6 Å². The monoisotopic (exact) mass is 430 g/mol. The molecular weight excluding hydrogens is 400 g/mol. The van der Waals surface area contributed by atoms with E-state index in [9.17, 15) is 0 Å². The molecule has 1 N–H and O–H groups in total. The molecule has 2 saturated heterocycles. The molecule has 166 valence electrons. The fourth-order valence-electron chi connectivity index (χ4n) is 5.01. The number of aryl methyl sites for hydroxylation is 1. The molecule has 3 aromatic rings. The van der Waals surface area contributed by atoms with E-state index in [1.54, 1.807) is 0 Å². The number of morpholine rings is 1. The molecule has 0 radical (unpaired) electrons. The standard InChI is InChI=1S/C25H30N6O/c1-18-5-6-19(21(17-18)30-11-9-25(7-8-25)10-12-30)23-27-24(29-28-23)20-3-2-4-22(26-20)31-13-15-32-16-14-31/h2-6,17H,7-16H2,1H3,(H,27,28,29). The fourth-order valence-corrected chi connectivity index (χ4v) is 5.01. The van der Waals surface area contributed by atoms with Crippen LogP contribution in [0.5, 0.6) is 0 Å². The van der Waals surface area contributed by atoms with E-state index >= 15 is 0 Å². The van der Waals surface area contributed by atoms with Crippen LogP contribution in [-0.4, -0.2) is 59.6 Å². The van der Waals surface area contributed by atoms with Gasteiger partial charge in [-0.2, -0.15) is 5.10 Å². The molecule has 1 saturated carbocycles. The summed E-state index contributed by atoms with van der Waals surface area (Å²) >= 11 is 0. The Bertz CT molecular complexity index is 1110. The molecule has 0 atom stereocenters. The van der Waals surface area contributed by atoms with Gasteiger partial charge in [0.25, 0.3) is 0 Å². The van der Waals surface area contributed by atoms with Crippen molar-refractivity contribution in [2.24, 2.45) is 5.41 Å². The highest BCUT2D eigenvalue weighted by Gasteiger charge is 2.44. The number of benzene rings is 1. The van der Waals surface area contributed by atoms with E-state index in [0.29, 0.717) is 11.2 Å². The number of aromatic nitrogens is 4. The first-order valence-corrected chi connectivity index (χ1v) is 11.8. The zero-order chi connectivity index (χ0) is 21.5. The molecule has 1 aliphatic carbocycles. The Morgan fingerprint density at radius 1 is 0.906 bits per heavy atom. The summed E-state index contributed by atoms with van der Waals surface area (Å²) in [5, 5.41) is 7.73. The summed E-state index contributed by atoms with van der Waals surface area (Å²) in [6, 6.07) is 12.7. The van der Waals surface area contributed by atoms with Crippen LogP contribution in [-0.2, 0) is 4.74 Å². The number of ether oxygens (including phenoxy) is 1. The summed E-state index contributed by atoms with van der Waals surface area (Å²) < 4.78 is 5.47. The van der Waals surface area contributed by atoms with Crippen LogP contribution in [0.4, 0.5) is 11.5 Å². The average Bonchev–Trinajstić information content (AvgIpc) is 3.40. The molecular formula is C25H30N6O. The Labute approximate surface area is 188 Å². The maximum Gasteiger partial charge on any atom is 0.183 e. The fraction of sp³-hybridized carbons (Fsp3) is 0.480. The molecule has 0 bridgehead atoms. The third kappa shape index (κ3) is 3.75. The molecule has 0 amide bonds. The number of rotatable bonds is 4. The van der Waals surface area contributed by atoms with Crippen molar-refractivity contribution in [1.82, 2.24) is 20.2 Å². The van der Waals surface area contributed by atoms with Crippen molar-refractivity contribution in [3.63, 3.8) is 0 Å². The topological polar surface area (TPSA) is 70.2 Å². The summed E-state index contributed by atoms with van der Waals surface area (Å²) in [7, 11) is 0. The number of anilines is 2. The van der Waals surface area contributed by atoms with Gasteiger partial charge >= 0.3 is 0 Å². The third-order valence-electron chi connectivity index (χ3n) is 7.31. The van der Waals surface area contributed by atoms with Crippen molar-refractivity contribution >= 4 is 11.5 Å². The van der Waals surface area contributed by atoms with Crippen molar-refractivity contribution in [2.45, 2.75) is 32.6 Å². The third-order valence-corrected chi connectivity index (χ3v) is 7.31. The lowest BCUT2D eigenvalue weighted by Gasteiger charge is -2.35. The van der Waals surface area contributed by atoms with Gasteiger partial charge in [0, 0.05) is 37.4 Å². The van der Waals surface area contributed by atoms with Gasteiger partial charge in [-0.25, -0.2) is 9.97 Å². The smallest absolute Gasteiger partial charge is 0.183 e. The Kier molecular flexibility index (Phi) is 4.86. The van der Waals surface area contributed by atoms with E-state index in [1.165, 1.54) is 36.9 Å². The first-order valence-electron chi connectivity index (χ1n) is 11.8. The van der Waals surface area contributed by atoms with Gasteiger partial charge in [-0.05, 0) is 67.9 Å². The van der Waals surface area contributed by atoms with Crippen LogP contribution >= 0.6 is 0 Å². The van der Waals surface area contributed by atoms with Crippen LogP contribution < -0.4 is 9.80 Å². The molecule has 7 nitrogen and oxygen atoms in total. The molecule has 1 spiro atoms. The molecule has 32 heavy (non-hydrogen) atoms. The van der Waals surface area contributed by atoms with Crippen LogP contribution in [0.3, 0.4) is 0 Å². The summed E-state index contributed by atoms with van der Waals surface area (Å²) in [6.07, 6.45) is 5.44. The van der Waals surface area contributed by atoms with Gasteiger partial charge in [-0.15, -0.1) is 0 Å². The number of pyridine rings is 1. The van der Waals surface area contributed by atoms with Crippen molar-refractivity contribution < 1.29 is 4.74 Å². The minimum atomic E-state index is 0.662. The molecule has 6 rings (SSSR count). The molecule has 4 heterocycles. The Morgan fingerprint density at radius 3 is 2.50 bits per heavy atom. The highest BCUT2D eigenvalue weighted by Crippen LogP contribution is 2.54. The van der Waals surface area contributed by atoms with Gasteiger partial charge in [0.2, 0.25) is 0 Å². The van der Waals surface area contributed by atoms with E-state index in [-0.39, 0.29) is 0 Å². The molecule has 3 aliphatic rings. The lowest BCUT2D eigenvalue weighted by Crippen LogP contribution is -2.36. The minimum absolute atomic E-state index is 0.662. The van der Waals surface area contributed by atoms with Gasteiger partial charge in [-0.1, -0.05) is 12.1 Å². The Balaban J connectivity index is 1.28. The Morgan fingerprint density at radius 2 is 1.72 bits per heavy atom. The van der Waals surface area contributed by atoms with Crippen LogP contribution in [0, 0.1) is 12.3 Å². The van der Waals surface area contributed by atoms with Crippen molar-refractivity contribution in [3.8, 4) is 22.9 Å². The predicted octanol–water partition coefficient (Wildman–Crippen LogP) is 4.06. The number of nitrogens with zero attached hydrogens (tertiary/aromatic N) is 5. The quantitative estimate of drug-likeness (QED) is 0.673. The first kappa shape index (κ1) is 19.7. The van der Waals surface area contributed by atoms with Crippen molar-refractivity contribution in [1.29, 1.82) is 0 Å². The average molecular weight is 431 g/mol.